The number of nitrogens with two attached hydrogens (primary N) is 1. The Kier molecular flexibility index (Phi) is 5.40. The number of aryl methyl sites for hydroxylation is 2. The molecular weight excluding hydrogens is 272 g/mol. The lowest BCUT2D eigenvalue weighted by molar-refractivity contribution is 0.386. The van der Waals surface area contributed by atoms with Crippen molar-refractivity contribution in [2.75, 3.05) is 27.2 Å². The van der Waals surface area contributed by atoms with Crippen molar-refractivity contribution in [2.24, 2.45) is 5.73 Å². The third-order valence-electron chi connectivity index (χ3n) is 3.38. The Balaban J connectivity index is 2.27. The molecule has 20 heavy (non-hydrogen) atoms. The van der Waals surface area contributed by atoms with E-state index in [0.29, 0.717) is 6.54 Å². The Hall–Kier alpha value is -1.10. The van der Waals surface area contributed by atoms with E-state index >= 15 is 0 Å². The molecular formula is C15H23ClN4. The van der Waals surface area contributed by atoms with Crippen LogP contribution in [0.3, 0.4) is 0 Å². The molecule has 0 bridgehead atoms. The quantitative estimate of drug-likeness (QED) is 0.853. The van der Waals surface area contributed by atoms with E-state index in [1.807, 2.05) is 18.2 Å². The van der Waals surface area contributed by atoms with E-state index in [0.717, 1.165) is 54.2 Å². The first-order valence-corrected chi connectivity index (χ1v) is 7.49. The maximum Gasteiger partial charge on any atom is 0.109 e. The highest BCUT2D eigenvalue weighted by atomic mass is 35.5. The van der Waals surface area contributed by atoms with Crippen LogP contribution in [0.15, 0.2) is 18.2 Å². The topological polar surface area (TPSA) is 47.1 Å². The first-order valence-electron chi connectivity index (χ1n) is 7.11. The molecule has 2 N–H and O–H groups in total. The van der Waals surface area contributed by atoms with Gasteiger partial charge in [-0.05, 0) is 58.2 Å². The lowest BCUT2D eigenvalue weighted by Gasteiger charge is -2.12. The predicted octanol–water partition coefficient (Wildman–Crippen LogP) is 2.53. The van der Waals surface area contributed by atoms with Gasteiger partial charge in [-0.1, -0.05) is 11.6 Å². The molecule has 1 aromatic heterocycles. The van der Waals surface area contributed by atoms with Crippen LogP contribution in [0, 0.1) is 0 Å². The van der Waals surface area contributed by atoms with Crippen molar-refractivity contribution in [1.82, 2.24) is 14.5 Å². The summed E-state index contributed by atoms with van der Waals surface area (Å²) in [6.07, 6.45) is 2.98. The van der Waals surface area contributed by atoms with Crippen molar-refractivity contribution in [1.29, 1.82) is 0 Å². The van der Waals surface area contributed by atoms with Gasteiger partial charge in [-0.3, -0.25) is 0 Å². The first-order chi connectivity index (χ1) is 9.61. The molecule has 0 aliphatic rings. The summed E-state index contributed by atoms with van der Waals surface area (Å²) in [5.74, 6) is 1.12. The smallest absolute Gasteiger partial charge is 0.109 e. The number of hydrogen-bond donors (Lipinski definition) is 1. The second kappa shape index (κ2) is 7.07. The van der Waals surface area contributed by atoms with Crippen LogP contribution in [0.25, 0.3) is 11.0 Å². The second-order valence-corrected chi connectivity index (χ2v) is 5.80. The van der Waals surface area contributed by atoms with Gasteiger partial charge in [-0.15, -0.1) is 0 Å². The number of benzene rings is 1. The number of fused-ring (bicyclic) bond motifs is 1. The molecule has 2 aromatic rings. The predicted molar refractivity (Wildman–Crippen MR) is 85.3 cm³/mol. The van der Waals surface area contributed by atoms with Crippen LogP contribution in [-0.4, -0.2) is 41.6 Å². The Morgan fingerprint density at radius 1 is 1.30 bits per heavy atom. The number of hydrogen-bond acceptors (Lipinski definition) is 3. The zero-order chi connectivity index (χ0) is 14.5. The summed E-state index contributed by atoms with van der Waals surface area (Å²) in [5, 5.41) is 0.761. The van der Waals surface area contributed by atoms with E-state index in [1.165, 1.54) is 0 Å². The van der Waals surface area contributed by atoms with Crippen molar-refractivity contribution in [3.8, 4) is 0 Å². The lowest BCUT2D eigenvalue weighted by Crippen LogP contribution is -2.16. The van der Waals surface area contributed by atoms with E-state index in [4.69, 9.17) is 22.3 Å². The van der Waals surface area contributed by atoms with Gasteiger partial charge in [0.05, 0.1) is 11.0 Å². The van der Waals surface area contributed by atoms with Crippen molar-refractivity contribution in [3.63, 3.8) is 0 Å². The van der Waals surface area contributed by atoms with Gasteiger partial charge in [0, 0.05) is 18.0 Å². The minimum Gasteiger partial charge on any atom is -0.330 e. The van der Waals surface area contributed by atoms with Crippen molar-refractivity contribution in [3.05, 3.63) is 29.0 Å². The van der Waals surface area contributed by atoms with Crippen LogP contribution in [0.1, 0.15) is 18.7 Å². The zero-order valence-corrected chi connectivity index (χ0v) is 13.0. The highest BCUT2D eigenvalue weighted by Crippen LogP contribution is 2.22. The zero-order valence-electron chi connectivity index (χ0n) is 12.3. The molecule has 110 valence electrons. The SMILES string of the molecule is CN(C)CCCn1c(CCCN)nc2ccc(Cl)cc21. The summed E-state index contributed by atoms with van der Waals surface area (Å²) in [6.45, 7) is 2.73. The molecule has 0 spiro atoms. The number of nitrogens with zero attached hydrogens (tertiary/aromatic N) is 3. The molecule has 0 amide bonds. The molecule has 0 fully saturated rings. The van der Waals surface area contributed by atoms with E-state index in [2.05, 4.69) is 23.6 Å². The molecule has 0 aliphatic carbocycles. The largest absolute Gasteiger partial charge is 0.330 e. The van der Waals surface area contributed by atoms with E-state index in [-0.39, 0.29) is 0 Å². The molecule has 0 saturated heterocycles. The molecule has 0 aliphatic heterocycles. The van der Waals surface area contributed by atoms with E-state index < -0.39 is 0 Å². The van der Waals surface area contributed by atoms with Gasteiger partial charge in [0.1, 0.15) is 5.82 Å². The van der Waals surface area contributed by atoms with Crippen LogP contribution in [-0.2, 0) is 13.0 Å². The highest BCUT2D eigenvalue weighted by Gasteiger charge is 2.10. The van der Waals surface area contributed by atoms with Crippen LogP contribution < -0.4 is 5.73 Å². The van der Waals surface area contributed by atoms with Gasteiger partial charge in [0.25, 0.3) is 0 Å². The fraction of sp³-hybridized carbons (Fsp3) is 0.533. The molecule has 1 heterocycles. The molecule has 1 aromatic carbocycles. The third kappa shape index (κ3) is 3.72. The number of aromatic nitrogens is 2. The van der Waals surface area contributed by atoms with Crippen molar-refractivity contribution in [2.45, 2.75) is 25.8 Å². The average Bonchev–Trinajstić information content (AvgIpc) is 2.74. The maximum absolute atomic E-state index is 6.12. The Labute approximate surface area is 125 Å². The number of rotatable bonds is 7. The molecule has 4 nitrogen and oxygen atoms in total. The summed E-state index contributed by atoms with van der Waals surface area (Å²) in [5.41, 5.74) is 7.77. The lowest BCUT2D eigenvalue weighted by atomic mass is 10.3. The molecule has 0 saturated carbocycles. The fourth-order valence-corrected chi connectivity index (χ4v) is 2.56. The number of imidazole rings is 1. The molecule has 0 radical (unpaired) electrons. The van der Waals surface area contributed by atoms with Crippen LogP contribution in [0.2, 0.25) is 5.02 Å². The van der Waals surface area contributed by atoms with Gasteiger partial charge in [0.2, 0.25) is 0 Å². The second-order valence-electron chi connectivity index (χ2n) is 5.36. The van der Waals surface area contributed by atoms with Gasteiger partial charge < -0.3 is 15.2 Å². The standard InChI is InChI=1S/C15H23ClN4/c1-19(2)9-4-10-20-14-11-12(16)6-7-13(14)18-15(20)5-3-8-17/h6-7,11H,3-5,8-10,17H2,1-2H3. The van der Waals surface area contributed by atoms with Gasteiger partial charge in [0.15, 0.2) is 0 Å². The van der Waals surface area contributed by atoms with Crippen LogP contribution in [0.5, 0.6) is 0 Å². The average molecular weight is 295 g/mol. The summed E-state index contributed by atoms with van der Waals surface area (Å²) in [7, 11) is 4.19. The summed E-state index contributed by atoms with van der Waals surface area (Å²) in [4.78, 5) is 6.92. The van der Waals surface area contributed by atoms with Crippen LogP contribution in [0.4, 0.5) is 0 Å². The Morgan fingerprint density at radius 2 is 2.10 bits per heavy atom. The molecule has 0 unspecified atom stereocenters. The highest BCUT2D eigenvalue weighted by molar-refractivity contribution is 6.31. The minimum absolute atomic E-state index is 0.696. The van der Waals surface area contributed by atoms with Gasteiger partial charge >= 0.3 is 0 Å². The van der Waals surface area contributed by atoms with Crippen molar-refractivity contribution >= 4 is 22.6 Å². The normalized spacial score (nSPS) is 11.7. The summed E-state index contributed by atoms with van der Waals surface area (Å²) < 4.78 is 2.29. The van der Waals surface area contributed by atoms with Gasteiger partial charge in [-0.2, -0.15) is 0 Å². The van der Waals surface area contributed by atoms with Crippen LogP contribution >= 0.6 is 11.6 Å². The molecule has 0 atom stereocenters. The Bertz CT molecular complexity index is 562. The molecule has 5 heteroatoms. The van der Waals surface area contributed by atoms with E-state index in [1.54, 1.807) is 0 Å². The minimum atomic E-state index is 0.696. The monoisotopic (exact) mass is 294 g/mol. The molecule has 2 rings (SSSR count). The van der Waals surface area contributed by atoms with Crippen molar-refractivity contribution < 1.29 is 0 Å². The van der Waals surface area contributed by atoms with Gasteiger partial charge in [-0.25, -0.2) is 4.98 Å². The first kappa shape index (κ1) is 15.3. The third-order valence-corrected chi connectivity index (χ3v) is 3.62. The van der Waals surface area contributed by atoms with E-state index in [9.17, 15) is 0 Å². The summed E-state index contributed by atoms with van der Waals surface area (Å²) >= 11 is 6.12. The maximum atomic E-state index is 6.12. The number of halogens is 1. The Morgan fingerprint density at radius 3 is 2.80 bits per heavy atom. The fourth-order valence-electron chi connectivity index (χ4n) is 2.39. The summed E-state index contributed by atoms with van der Waals surface area (Å²) in [6, 6.07) is 5.89.